The fraction of sp³-hybridized carbons (Fsp3) is 0.231. The zero-order valence-electron chi connectivity index (χ0n) is 20.6. The third-order valence-electron chi connectivity index (χ3n) is 6.59. The molecule has 0 atom stereocenters. The van der Waals surface area contributed by atoms with Crippen molar-refractivity contribution in [3.8, 4) is 22.9 Å². The Labute approximate surface area is 219 Å². The van der Waals surface area contributed by atoms with Crippen LogP contribution >= 0.6 is 0 Å². The van der Waals surface area contributed by atoms with E-state index >= 15 is 0 Å². The Hall–Kier alpha value is -4.63. The maximum atomic E-state index is 13.0. The molecule has 11 nitrogen and oxygen atoms in total. The van der Waals surface area contributed by atoms with Gasteiger partial charge >= 0.3 is 0 Å². The number of carbonyl (C=O) groups is 1. The van der Waals surface area contributed by atoms with E-state index in [0.29, 0.717) is 41.2 Å². The first kappa shape index (κ1) is 25.0. The van der Waals surface area contributed by atoms with Gasteiger partial charge < -0.3 is 9.64 Å². The van der Waals surface area contributed by atoms with Gasteiger partial charge in [-0.1, -0.05) is 6.58 Å². The van der Waals surface area contributed by atoms with Crippen LogP contribution in [-0.4, -0.2) is 58.8 Å². The van der Waals surface area contributed by atoms with Gasteiger partial charge in [-0.3, -0.25) is 14.2 Å². The first-order valence-electron chi connectivity index (χ1n) is 11.9. The van der Waals surface area contributed by atoms with Crippen molar-refractivity contribution in [3.63, 3.8) is 0 Å². The lowest BCUT2D eigenvalue weighted by atomic mass is 10.0. The van der Waals surface area contributed by atoms with Gasteiger partial charge in [0.1, 0.15) is 22.9 Å². The topological polar surface area (TPSA) is 135 Å². The summed E-state index contributed by atoms with van der Waals surface area (Å²) in [5.41, 5.74) is 3.68. The van der Waals surface area contributed by atoms with Gasteiger partial charge in [-0.2, -0.15) is 15.5 Å². The van der Waals surface area contributed by atoms with Gasteiger partial charge in [0.25, 0.3) is 15.9 Å². The fourth-order valence-electron chi connectivity index (χ4n) is 4.57. The third kappa shape index (κ3) is 4.83. The summed E-state index contributed by atoms with van der Waals surface area (Å²) in [6.07, 6.45) is 8.61. The quantitative estimate of drug-likeness (QED) is 0.386. The highest BCUT2D eigenvalue weighted by Gasteiger charge is 2.25. The summed E-state index contributed by atoms with van der Waals surface area (Å²) in [6.45, 7) is 4.42. The molecule has 0 aliphatic carbocycles. The van der Waals surface area contributed by atoms with Crippen molar-refractivity contribution in [1.29, 1.82) is 5.26 Å². The number of hydrogen-bond acceptors (Lipinski definition) is 7. The summed E-state index contributed by atoms with van der Waals surface area (Å²) in [7, 11) is -2.04. The number of nitrogens with one attached hydrogen (secondary N) is 1. The molecular weight excluding hydrogens is 506 g/mol. The molecule has 0 bridgehead atoms. The van der Waals surface area contributed by atoms with Crippen molar-refractivity contribution in [2.75, 3.05) is 24.9 Å². The molecule has 4 aromatic rings. The number of aromatic nitrogens is 4. The van der Waals surface area contributed by atoms with Gasteiger partial charge in [0, 0.05) is 53.3 Å². The maximum absolute atomic E-state index is 13.0. The van der Waals surface area contributed by atoms with Crippen LogP contribution in [0.4, 0.5) is 5.69 Å². The highest BCUT2D eigenvalue weighted by atomic mass is 32.2. The second-order valence-corrected chi connectivity index (χ2v) is 10.5. The summed E-state index contributed by atoms with van der Waals surface area (Å²) in [5.74, 6) is 0.460. The molecule has 1 fully saturated rings. The number of rotatable bonds is 7. The number of likely N-dealkylation sites (tertiary alicyclic amines) is 1. The molecule has 194 valence electrons. The number of anilines is 1. The number of methoxy groups -OCH3 is 1. The second-order valence-electron chi connectivity index (χ2n) is 8.88. The van der Waals surface area contributed by atoms with Crippen molar-refractivity contribution in [2.45, 2.75) is 18.9 Å². The average Bonchev–Trinajstić information content (AvgIpc) is 3.60. The van der Waals surface area contributed by atoms with Crippen molar-refractivity contribution in [1.82, 2.24) is 24.3 Å². The molecule has 0 spiro atoms. The van der Waals surface area contributed by atoms with Crippen molar-refractivity contribution < 1.29 is 17.9 Å². The number of pyridine rings is 1. The van der Waals surface area contributed by atoms with E-state index in [2.05, 4.69) is 27.6 Å². The minimum absolute atomic E-state index is 0.0981. The van der Waals surface area contributed by atoms with E-state index < -0.39 is 10.0 Å². The zero-order chi connectivity index (χ0) is 26.9. The first-order chi connectivity index (χ1) is 18.3. The molecule has 1 aromatic carbocycles. The van der Waals surface area contributed by atoms with Crippen LogP contribution in [0.2, 0.25) is 0 Å². The van der Waals surface area contributed by atoms with Crippen LogP contribution in [-0.2, 0) is 10.0 Å². The predicted octanol–water partition coefficient (Wildman–Crippen LogP) is 3.44. The van der Waals surface area contributed by atoms with Gasteiger partial charge in [-0.05, 0) is 43.2 Å². The lowest BCUT2D eigenvalue weighted by molar-refractivity contribution is 0.0690. The van der Waals surface area contributed by atoms with E-state index in [9.17, 15) is 18.5 Å². The van der Waals surface area contributed by atoms with E-state index in [4.69, 9.17) is 4.74 Å². The lowest BCUT2D eigenvalue weighted by Gasteiger charge is -2.32. The molecule has 1 N–H and O–H groups in total. The van der Waals surface area contributed by atoms with Crippen molar-refractivity contribution >= 4 is 27.1 Å². The standard InChI is InChI=1S/C26H25N7O4S/c1-3-38(35,36)30-22-6-4-18(5-7-22)26(34)31-10-8-23(9-11-31)32-17-21(15-28-32)19-12-24(37-2)25-20(13-27)14-29-33(25)16-19/h3-7,12,14-17,23,30H,1,8-11H2,2H3. The van der Waals surface area contributed by atoms with Gasteiger partial charge in [0.05, 0.1) is 25.5 Å². The zero-order valence-corrected chi connectivity index (χ0v) is 21.4. The SMILES string of the molecule is C=CS(=O)(=O)Nc1ccc(C(=O)N2CCC(n3cc(-c4cc(OC)c5c(C#N)cnn5c4)cn3)CC2)cc1. The van der Waals surface area contributed by atoms with Crippen LogP contribution in [0.25, 0.3) is 16.6 Å². The van der Waals surface area contributed by atoms with Crippen molar-refractivity contribution in [3.05, 3.63) is 78.2 Å². The van der Waals surface area contributed by atoms with Gasteiger partial charge in [-0.15, -0.1) is 0 Å². The van der Waals surface area contributed by atoms with Crippen LogP contribution < -0.4 is 9.46 Å². The fourth-order valence-corrected chi connectivity index (χ4v) is 5.12. The summed E-state index contributed by atoms with van der Waals surface area (Å²) in [4.78, 5) is 14.8. The monoisotopic (exact) mass is 531 g/mol. The summed E-state index contributed by atoms with van der Waals surface area (Å²) in [6, 6.07) is 10.5. The van der Waals surface area contributed by atoms with Crippen LogP contribution in [0.1, 0.15) is 34.8 Å². The highest BCUT2D eigenvalue weighted by Crippen LogP contribution is 2.31. The Kier molecular flexibility index (Phi) is 6.61. The molecule has 0 radical (unpaired) electrons. The number of ether oxygens (including phenoxy) is 1. The number of carbonyl (C=O) groups excluding carboxylic acids is 1. The minimum Gasteiger partial charge on any atom is -0.494 e. The first-order valence-corrected chi connectivity index (χ1v) is 13.4. The number of hydrogen-bond donors (Lipinski definition) is 1. The van der Waals surface area contributed by atoms with E-state index in [1.165, 1.54) is 6.20 Å². The molecule has 1 aliphatic heterocycles. The molecule has 1 aliphatic rings. The molecule has 3 aromatic heterocycles. The molecule has 1 saturated heterocycles. The van der Waals surface area contributed by atoms with Gasteiger partial charge in [0.15, 0.2) is 0 Å². The summed E-state index contributed by atoms with van der Waals surface area (Å²) in [5, 5.41) is 19.0. The number of sulfonamides is 1. The van der Waals surface area contributed by atoms with E-state index in [1.807, 2.05) is 23.1 Å². The van der Waals surface area contributed by atoms with Crippen molar-refractivity contribution in [2.24, 2.45) is 0 Å². The molecule has 0 saturated carbocycles. The van der Waals surface area contributed by atoms with Gasteiger partial charge in [-0.25, -0.2) is 12.9 Å². The molecule has 1 amide bonds. The Balaban J connectivity index is 1.25. The average molecular weight is 532 g/mol. The predicted molar refractivity (Wildman–Crippen MR) is 141 cm³/mol. The normalized spacial score (nSPS) is 14.3. The molecular formula is C26H25N7O4S. The number of benzene rings is 1. The summed E-state index contributed by atoms with van der Waals surface area (Å²) < 4.78 is 34.7. The lowest BCUT2D eigenvalue weighted by Crippen LogP contribution is -2.39. The Bertz CT molecular complexity index is 1660. The Morgan fingerprint density at radius 2 is 1.89 bits per heavy atom. The van der Waals surface area contributed by atoms with Crippen LogP contribution in [0, 0.1) is 11.3 Å². The number of nitrogens with zero attached hydrogens (tertiary/aromatic N) is 6. The Morgan fingerprint density at radius 3 is 2.55 bits per heavy atom. The molecule has 0 unspecified atom stereocenters. The minimum atomic E-state index is -3.60. The van der Waals surface area contributed by atoms with E-state index in [0.717, 1.165) is 29.4 Å². The number of nitriles is 1. The molecule has 12 heteroatoms. The highest BCUT2D eigenvalue weighted by molar-refractivity contribution is 7.95. The smallest absolute Gasteiger partial charge is 0.254 e. The second kappa shape index (κ2) is 10.0. The largest absolute Gasteiger partial charge is 0.494 e. The van der Waals surface area contributed by atoms with Gasteiger partial charge in [0.2, 0.25) is 0 Å². The van der Waals surface area contributed by atoms with E-state index in [1.54, 1.807) is 47.0 Å². The third-order valence-corrected chi connectivity index (χ3v) is 7.55. The van der Waals surface area contributed by atoms with Crippen LogP contribution in [0.5, 0.6) is 5.75 Å². The number of piperidine rings is 1. The Morgan fingerprint density at radius 1 is 1.16 bits per heavy atom. The van der Waals surface area contributed by atoms with Crippen LogP contribution in [0.3, 0.4) is 0 Å². The molecule has 38 heavy (non-hydrogen) atoms. The number of fused-ring (bicyclic) bond motifs is 1. The number of amides is 1. The van der Waals surface area contributed by atoms with Crippen LogP contribution in [0.15, 0.2) is 67.1 Å². The molecule has 5 rings (SSSR count). The van der Waals surface area contributed by atoms with E-state index in [-0.39, 0.29) is 11.9 Å². The maximum Gasteiger partial charge on any atom is 0.254 e. The molecule has 4 heterocycles. The summed E-state index contributed by atoms with van der Waals surface area (Å²) >= 11 is 0.